The van der Waals surface area contributed by atoms with Gasteiger partial charge in [-0.25, -0.2) is 18.1 Å². The second-order valence-corrected chi connectivity index (χ2v) is 7.70. The van der Waals surface area contributed by atoms with Crippen molar-refractivity contribution in [3.8, 4) is 5.69 Å². The first-order valence-electron chi connectivity index (χ1n) is 8.93. The Labute approximate surface area is 162 Å². The Morgan fingerprint density at radius 1 is 1.18 bits per heavy atom. The Morgan fingerprint density at radius 3 is 2.68 bits per heavy atom. The highest BCUT2D eigenvalue weighted by molar-refractivity contribution is 7.17. The van der Waals surface area contributed by atoms with Crippen molar-refractivity contribution < 1.29 is 13.6 Å². The van der Waals surface area contributed by atoms with E-state index in [2.05, 4.69) is 5.32 Å². The fourth-order valence-electron chi connectivity index (χ4n) is 3.60. The van der Waals surface area contributed by atoms with Crippen molar-refractivity contribution in [3.05, 3.63) is 62.1 Å². The summed E-state index contributed by atoms with van der Waals surface area (Å²) < 4.78 is 29.8. The lowest BCUT2D eigenvalue weighted by Crippen LogP contribution is -2.43. The zero-order valence-electron chi connectivity index (χ0n) is 14.8. The molecule has 1 N–H and O–H groups in total. The number of nitrogens with one attached hydrogen (secondary N) is 1. The third kappa shape index (κ3) is 3.26. The molecule has 2 aromatic heterocycles. The molecule has 146 valence electrons. The van der Waals surface area contributed by atoms with Crippen LogP contribution in [-0.4, -0.2) is 21.1 Å². The normalized spacial score (nSPS) is 14.6. The van der Waals surface area contributed by atoms with Crippen molar-refractivity contribution in [2.75, 3.05) is 0 Å². The van der Waals surface area contributed by atoms with Gasteiger partial charge in [0.15, 0.2) is 0 Å². The quantitative estimate of drug-likeness (QED) is 0.725. The van der Waals surface area contributed by atoms with E-state index in [1.807, 2.05) is 0 Å². The largest absolute Gasteiger partial charge is 0.352 e. The molecule has 1 amide bonds. The third-order valence-electron chi connectivity index (χ3n) is 4.93. The molecule has 0 radical (unpaired) electrons. The van der Waals surface area contributed by atoms with Crippen molar-refractivity contribution in [1.82, 2.24) is 14.5 Å². The summed E-state index contributed by atoms with van der Waals surface area (Å²) >= 11 is 1.07. The number of nitrogens with zero attached hydrogens (tertiary/aromatic N) is 2. The summed E-state index contributed by atoms with van der Waals surface area (Å²) in [6.07, 6.45) is 3.87. The highest BCUT2D eigenvalue weighted by Crippen LogP contribution is 2.19. The van der Waals surface area contributed by atoms with Gasteiger partial charge in [0.25, 0.3) is 5.56 Å². The van der Waals surface area contributed by atoms with Gasteiger partial charge in [-0.05, 0) is 36.4 Å². The van der Waals surface area contributed by atoms with Crippen LogP contribution in [0.1, 0.15) is 25.7 Å². The first kappa shape index (κ1) is 18.5. The topological polar surface area (TPSA) is 73.1 Å². The molecule has 2 heterocycles. The highest BCUT2D eigenvalue weighted by atomic mass is 32.1. The molecular weight excluding hydrogens is 388 g/mol. The number of carbonyl (C=O) groups excluding carboxylic acids is 1. The molecule has 3 aromatic rings. The van der Waals surface area contributed by atoms with Crippen LogP contribution in [-0.2, 0) is 11.3 Å². The number of amides is 1. The molecule has 1 aliphatic rings. The Bertz CT molecular complexity index is 1180. The number of thiophene rings is 1. The number of hydrogen-bond acceptors (Lipinski definition) is 4. The van der Waals surface area contributed by atoms with Gasteiger partial charge >= 0.3 is 5.69 Å². The first-order chi connectivity index (χ1) is 13.5. The third-order valence-corrected chi connectivity index (χ3v) is 5.82. The molecule has 0 spiro atoms. The molecule has 1 saturated carbocycles. The number of benzene rings is 1. The van der Waals surface area contributed by atoms with Gasteiger partial charge in [0.2, 0.25) is 5.91 Å². The van der Waals surface area contributed by atoms with Crippen LogP contribution in [0.15, 0.2) is 39.2 Å². The maximum Gasteiger partial charge on any atom is 0.336 e. The lowest BCUT2D eigenvalue weighted by atomic mass is 10.2. The predicted octanol–water partition coefficient (Wildman–Crippen LogP) is 2.55. The molecule has 6 nitrogen and oxygen atoms in total. The summed E-state index contributed by atoms with van der Waals surface area (Å²) in [6, 6.07) is 4.19. The molecule has 0 atom stereocenters. The molecule has 0 saturated heterocycles. The van der Waals surface area contributed by atoms with E-state index in [0.717, 1.165) is 59.8 Å². The van der Waals surface area contributed by atoms with Crippen LogP contribution < -0.4 is 16.6 Å². The van der Waals surface area contributed by atoms with Gasteiger partial charge in [-0.3, -0.25) is 14.2 Å². The van der Waals surface area contributed by atoms with E-state index in [0.29, 0.717) is 10.1 Å². The maximum absolute atomic E-state index is 14.3. The molecule has 9 heteroatoms. The molecule has 0 aliphatic heterocycles. The van der Waals surface area contributed by atoms with Crippen LogP contribution in [0.3, 0.4) is 0 Å². The average molecular weight is 405 g/mol. The van der Waals surface area contributed by atoms with Crippen molar-refractivity contribution in [2.45, 2.75) is 38.3 Å². The Morgan fingerprint density at radius 2 is 1.93 bits per heavy atom. The van der Waals surface area contributed by atoms with E-state index >= 15 is 0 Å². The standard InChI is InChI=1S/C19H17F2N3O3S/c20-11-5-6-13(21)15(9-11)24-18(26)17-14(7-8-28-17)23(19(24)27)10-16(25)22-12-3-1-2-4-12/h5-9,12H,1-4,10H2,(H,22,25). The molecule has 1 aromatic carbocycles. The smallest absolute Gasteiger partial charge is 0.336 e. The first-order valence-corrected chi connectivity index (χ1v) is 9.81. The molecule has 0 bridgehead atoms. The molecule has 4 rings (SSSR count). The van der Waals surface area contributed by atoms with Gasteiger partial charge in [-0.15, -0.1) is 11.3 Å². The van der Waals surface area contributed by atoms with Crippen LogP contribution in [0.4, 0.5) is 8.78 Å². The zero-order chi connectivity index (χ0) is 19.8. The fraction of sp³-hybridized carbons (Fsp3) is 0.316. The Balaban J connectivity index is 1.84. The average Bonchev–Trinajstić information content (AvgIpc) is 3.33. The molecule has 0 unspecified atom stereocenters. The number of aromatic nitrogens is 2. The van der Waals surface area contributed by atoms with Gasteiger partial charge in [-0.1, -0.05) is 12.8 Å². The number of halogens is 2. The number of fused-ring (bicyclic) bond motifs is 1. The molecule has 28 heavy (non-hydrogen) atoms. The number of carbonyl (C=O) groups is 1. The van der Waals surface area contributed by atoms with Gasteiger partial charge in [0, 0.05) is 12.1 Å². The SMILES string of the molecule is O=C(Cn1c(=O)n(-c2cc(F)ccc2F)c(=O)c2sccc21)NC1CCCC1. The van der Waals surface area contributed by atoms with Crippen LogP contribution in [0, 0.1) is 11.6 Å². The van der Waals surface area contributed by atoms with Crippen molar-refractivity contribution in [3.63, 3.8) is 0 Å². The van der Waals surface area contributed by atoms with Crippen LogP contribution in [0.2, 0.25) is 0 Å². The minimum Gasteiger partial charge on any atom is -0.352 e. The minimum absolute atomic E-state index is 0.0766. The summed E-state index contributed by atoms with van der Waals surface area (Å²) in [5, 5.41) is 4.50. The van der Waals surface area contributed by atoms with E-state index < -0.39 is 28.6 Å². The van der Waals surface area contributed by atoms with E-state index in [1.165, 1.54) is 0 Å². The molecule has 1 fully saturated rings. The van der Waals surface area contributed by atoms with Crippen LogP contribution >= 0.6 is 11.3 Å². The van der Waals surface area contributed by atoms with Gasteiger partial charge in [0.05, 0.1) is 11.2 Å². The lowest BCUT2D eigenvalue weighted by Gasteiger charge is -2.15. The second-order valence-electron chi connectivity index (χ2n) is 6.79. The van der Waals surface area contributed by atoms with E-state index in [-0.39, 0.29) is 23.2 Å². The predicted molar refractivity (Wildman–Crippen MR) is 102 cm³/mol. The zero-order valence-corrected chi connectivity index (χ0v) is 15.6. The highest BCUT2D eigenvalue weighted by Gasteiger charge is 2.22. The van der Waals surface area contributed by atoms with E-state index in [4.69, 9.17) is 0 Å². The number of hydrogen-bond donors (Lipinski definition) is 1. The molecular formula is C19H17F2N3O3S. The second kappa shape index (κ2) is 7.31. The fourth-order valence-corrected chi connectivity index (χ4v) is 4.42. The maximum atomic E-state index is 14.3. The van der Waals surface area contributed by atoms with Crippen molar-refractivity contribution in [1.29, 1.82) is 0 Å². The summed E-state index contributed by atoms with van der Waals surface area (Å²) in [5.74, 6) is -2.04. The summed E-state index contributed by atoms with van der Waals surface area (Å²) in [7, 11) is 0. The Hall–Kier alpha value is -2.81. The lowest BCUT2D eigenvalue weighted by molar-refractivity contribution is -0.122. The number of rotatable bonds is 4. The molecule has 1 aliphatic carbocycles. The van der Waals surface area contributed by atoms with E-state index in [9.17, 15) is 23.2 Å². The van der Waals surface area contributed by atoms with Gasteiger partial charge in [0.1, 0.15) is 22.9 Å². The van der Waals surface area contributed by atoms with E-state index in [1.54, 1.807) is 11.4 Å². The van der Waals surface area contributed by atoms with Crippen molar-refractivity contribution in [2.24, 2.45) is 0 Å². The summed E-state index contributed by atoms with van der Waals surface area (Å²) in [5.41, 5.74) is -1.81. The minimum atomic E-state index is -0.904. The van der Waals surface area contributed by atoms with Gasteiger partial charge < -0.3 is 5.32 Å². The summed E-state index contributed by atoms with van der Waals surface area (Å²) in [6.45, 7) is -0.306. The van der Waals surface area contributed by atoms with Gasteiger partial charge in [-0.2, -0.15) is 0 Å². The van der Waals surface area contributed by atoms with Crippen LogP contribution in [0.25, 0.3) is 15.9 Å². The Kier molecular flexibility index (Phi) is 4.84. The van der Waals surface area contributed by atoms with Crippen LogP contribution in [0.5, 0.6) is 0 Å². The monoisotopic (exact) mass is 405 g/mol. The summed E-state index contributed by atoms with van der Waals surface area (Å²) in [4.78, 5) is 38.2. The van der Waals surface area contributed by atoms with Crippen molar-refractivity contribution >= 4 is 27.5 Å².